The van der Waals surface area contributed by atoms with Gasteiger partial charge in [-0.1, -0.05) is 18.6 Å². The van der Waals surface area contributed by atoms with Gasteiger partial charge in [-0.2, -0.15) is 0 Å². The lowest BCUT2D eigenvalue weighted by Gasteiger charge is -2.51. The molecule has 0 spiro atoms. The van der Waals surface area contributed by atoms with Crippen molar-refractivity contribution < 1.29 is 29.0 Å². The summed E-state index contributed by atoms with van der Waals surface area (Å²) >= 11 is 21.2. The van der Waals surface area contributed by atoms with Gasteiger partial charge in [-0.15, -0.1) is 23.2 Å². The van der Waals surface area contributed by atoms with Crippen molar-refractivity contribution in [2.45, 2.75) is 41.9 Å². The van der Waals surface area contributed by atoms with Gasteiger partial charge in [0, 0.05) is 24.0 Å². The molecule has 1 N–H and O–H groups in total. The minimum Gasteiger partial charge on any atom is -0.503 e. The van der Waals surface area contributed by atoms with Gasteiger partial charge in [-0.25, -0.2) is 0 Å². The smallest absolute Gasteiger partial charge is 0.253 e. The quantitative estimate of drug-likeness (QED) is 0.289. The first kappa shape index (κ1) is 27.0. The average Bonchev–Trinajstić information content (AvgIpc) is 3.19. The van der Waals surface area contributed by atoms with Crippen molar-refractivity contribution in [3.05, 3.63) is 32.2 Å². The lowest BCUT2D eigenvalue weighted by Crippen LogP contribution is -2.60. The maximum Gasteiger partial charge on any atom is 0.253 e. The molecule has 1 aromatic carbocycles. The van der Waals surface area contributed by atoms with Crippen LogP contribution in [0.25, 0.3) is 0 Å². The second-order valence-corrected chi connectivity index (χ2v) is 12.8. The largest absolute Gasteiger partial charge is 0.503 e. The number of ether oxygens (including phenoxy) is 1. The summed E-state index contributed by atoms with van der Waals surface area (Å²) in [5.41, 5.74) is 1.12. The molecule has 0 bridgehead atoms. The number of phenols is 1. The Bertz CT molecular complexity index is 1300. The SMILES string of the molecule is CCCN1C(=O)C2CC=C3C(CC4(Cl)C(=O)N(C)C(=O)C4(Cl)C3c3cc(OC)c(O)c(Br)c3Br)C2C1=O. The van der Waals surface area contributed by atoms with Crippen molar-refractivity contribution in [1.82, 2.24) is 9.80 Å². The fourth-order valence-corrected chi connectivity index (χ4v) is 8.54. The highest BCUT2D eigenvalue weighted by Gasteiger charge is 2.76. The molecule has 4 aliphatic rings. The van der Waals surface area contributed by atoms with Gasteiger partial charge in [-0.05, 0) is 68.7 Å². The van der Waals surface area contributed by atoms with E-state index in [-0.39, 0.29) is 34.2 Å². The van der Waals surface area contributed by atoms with Crippen molar-refractivity contribution in [2.75, 3.05) is 20.7 Å². The number of allylic oxidation sites excluding steroid dienone is 2. The van der Waals surface area contributed by atoms with Crippen LogP contribution in [0.1, 0.15) is 37.7 Å². The van der Waals surface area contributed by atoms with E-state index < -0.39 is 45.2 Å². The number of hydrogen-bond donors (Lipinski definition) is 1. The van der Waals surface area contributed by atoms with E-state index in [1.54, 1.807) is 6.07 Å². The van der Waals surface area contributed by atoms with Gasteiger partial charge < -0.3 is 9.84 Å². The van der Waals surface area contributed by atoms with E-state index in [1.165, 1.54) is 19.1 Å². The maximum absolute atomic E-state index is 13.7. The third-order valence-electron chi connectivity index (χ3n) is 8.26. The van der Waals surface area contributed by atoms with E-state index in [0.29, 0.717) is 35.0 Å². The minimum absolute atomic E-state index is 0.0660. The zero-order valence-electron chi connectivity index (χ0n) is 20.2. The molecule has 8 nitrogen and oxygen atoms in total. The molecule has 5 rings (SSSR count). The molecule has 0 aromatic heterocycles. The topological polar surface area (TPSA) is 104 Å². The summed E-state index contributed by atoms with van der Waals surface area (Å²) in [6.07, 6.45) is 2.73. The average molecular weight is 679 g/mol. The molecule has 0 radical (unpaired) electrons. The first-order valence-electron chi connectivity index (χ1n) is 11.9. The van der Waals surface area contributed by atoms with E-state index in [9.17, 15) is 24.3 Å². The number of imide groups is 2. The number of nitrogens with zero attached hydrogens (tertiary/aromatic N) is 2. The monoisotopic (exact) mass is 676 g/mol. The molecule has 6 atom stereocenters. The number of alkyl halides is 2. The molecule has 1 saturated carbocycles. The zero-order valence-corrected chi connectivity index (χ0v) is 24.9. The molecule has 3 fully saturated rings. The van der Waals surface area contributed by atoms with Gasteiger partial charge >= 0.3 is 0 Å². The van der Waals surface area contributed by atoms with Gasteiger partial charge in [0.1, 0.15) is 0 Å². The molecule has 2 aliphatic heterocycles. The minimum atomic E-state index is -1.92. The second-order valence-electron chi connectivity index (χ2n) is 9.97. The summed E-state index contributed by atoms with van der Waals surface area (Å²) < 4.78 is 6.03. The number of halogens is 4. The molecule has 1 aromatic rings. The lowest BCUT2D eigenvalue weighted by atomic mass is 9.56. The highest BCUT2D eigenvalue weighted by Crippen LogP contribution is 2.66. The molecule has 6 unspecified atom stereocenters. The summed E-state index contributed by atoms with van der Waals surface area (Å²) in [6, 6.07) is 1.55. The number of hydrogen-bond acceptors (Lipinski definition) is 6. The highest BCUT2D eigenvalue weighted by molar-refractivity contribution is 9.13. The number of carbonyl (C=O) groups is 4. The van der Waals surface area contributed by atoms with E-state index >= 15 is 0 Å². The predicted octanol–water partition coefficient (Wildman–Crippen LogP) is 4.32. The summed E-state index contributed by atoms with van der Waals surface area (Å²) in [7, 11) is 2.73. The van der Waals surface area contributed by atoms with Gasteiger partial charge in [0.2, 0.25) is 11.8 Å². The summed E-state index contributed by atoms with van der Waals surface area (Å²) in [5, 5.41) is 10.5. The van der Waals surface area contributed by atoms with Crippen LogP contribution in [0.15, 0.2) is 26.7 Å². The molecule has 4 amide bonds. The first-order chi connectivity index (χ1) is 17.4. The van der Waals surface area contributed by atoms with Crippen LogP contribution >= 0.6 is 55.1 Å². The normalized spacial score (nSPS) is 34.9. The number of fused-ring (bicyclic) bond motifs is 4. The second kappa shape index (κ2) is 8.96. The number of phenolic OH excluding ortho intramolecular Hbond substituents is 1. The predicted molar refractivity (Wildman–Crippen MR) is 143 cm³/mol. The van der Waals surface area contributed by atoms with E-state index in [1.807, 2.05) is 13.0 Å². The maximum atomic E-state index is 13.7. The summed E-state index contributed by atoms with van der Waals surface area (Å²) in [5.74, 6) is -4.70. The molecule has 2 heterocycles. The Morgan fingerprint density at radius 2 is 1.78 bits per heavy atom. The van der Waals surface area contributed by atoms with Crippen molar-refractivity contribution in [1.29, 1.82) is 0 Å². The standard InChI is InChI=1S/C25H24Br2Cl2N2O6/c1-4-7-31-20(33)11-6-5-10-13(15(11)21(31)34)9-24(28)22(35)30(2)23(36)25(24,29)16(10)12-8-14(37-3)19(32)18(27)17(12)26/h5,8,11,13,15-16,32H,4,6-7,9H2,1-3H3. The number of aromatic hydroxyl groups is 1. The molecule has 37 heavy (non-hydrogen) atoms. The van der Waals surface area contributed by atoms with Crippen LogP contribution in [0.4, 0.5) is 0 Å². The number of likely N-dealkylation sites (tertiary alicyclic amines) is 2. The number of rotatable bonds is 4. The van der Waals surface area contributed by atoms with Crippen LogP contribution in [-0.4, -0.2) is 69.0 Å². The summed E-state index contributed by atoms with van der Waals surface area (Å²) in [6.45, 7) is 2.21. The Morgan fingerprint density at radius 3 is 2.41 bits per heavy atom. The Balaban J connectivity index is 1.77. The van der Waals surface area contributed by atoms with Crippen LogP contribution < -0.4 is 4.74 Å². The third-order valence-corrected chi connectivity index (χ3v) is 11.8. The number of methoxy groups -OCH3 is 1. The van der Waals surface area contributed by atoms with Crippen LogP contribution in [-0.2, 0) is 19.2 Å². The third kappa shape index (κ3) is 3.31. The van der Waals surface area contributed by atoms with Crippen LogP contribution in [0.3, 0.4) is 0 Å². The Morgan fingerprint density at radius 1 is 1.11 bits per heavy atom. The molecule has 2 aliphatic carbocycles. The number of amides is 4. The summed E-state index contributed by atoms with van der Waals surface area (Å²) in [4.78, 5) is 52.3. The van der Waals surface area contributed by atoms with Gasteiger partial charge in [0.25, 0.3) is 11.8 Å². The van der Waals surface area contributed by atoms with Crippen LogP contribution in [0.2, 0.25) is 0 Å². The molecular formula is C25H24Br2Cl2N2O6. The molecule has 198 valence electrons. The number of benzene rings is 1. The fraction of sp³-hybridized carbons (Fsp3) is 0.520. The van der Waals surface area contributed by atoms with Crippen molar-refractivity contribution in [3.63, 3.8) is 0 Å². The van der Waals surface area contributed by atoms with Crippen LogP contribution in [0, 0.1) is 17.8 Å². The zero-order chi connectivity index (χ0) is 27.2. The Kier molecular flexibility index (Phi) is 6.53. The Labute approximate surface area is 240 Å². The molecular weight excluding hydrogens is 655 g/mol. The van der Waals surface area contributed by atoms with Crippen molar-refractivity contribution in [3.8, 4) is 11.5 Å². The van der Waals surface area contributed by atoms with E-state index in [0.717, 1.165) is 4.90 Å². The fourth-order valence-electron chi connectivity index (χ4n) is 6.58. The van der Waals surface area contributed by atoms with E-state index in [2.05, 4.69) is 31.9 Å². The van der Waals surface area contributed by atoms with Gasteiger partial charge in [0.05, 0.1) is 23.4 Å². The highest BCUT2D eigenvalue weighted by atomic mass is 79.9. The van der Waals surface area contributed by atoms with E-state index in [4.69, 9.17) is 27.9 Å². The van der Waals surface area contributed by atoms with Gasteiger partial charge in [-0.3, -0.25) is 29.0 Å². The van der Waals surface area contributed by atoms with Crippen molar-refractivity contribution in [2.24, 2.45) is 17.8 Å². The lowest BCUT2D eigenvalue weighted by molar-refractivity contribution is -0.141. The Hall–Kier alpha value is -1.62. The first-order valence-corrected chi connectivity index (χ1v) is 14.2. The van der Waals surface area contributed by atoms with Gasteiger partial charge in [0.15, 0.2) is 21.2 Å². The molecule has 2 saturated heterocycles. The van der Waals surface area contributed by atoms with Crippen LogP contribution in [0.5, 0.6) is 11.5 Å². The van der Waals surface area contributed by atoms with Crippen molar-refractivity contribution >= 4 is 78.7 Å². The number of carbonyl (C=O) groups excluding carboxylic acids is 4. The molecule has 12 heteroatoms.